The van der Waals surface area contributed by atoms with Crippen LogP contribution in [0.3, 0.4) is 0 Å². The summed E-state index contributed by atoms with van der Waals surface area (Å²) in [6.45, 7) is 0. The zero-order valence-electron chi connectivity index (χ0n) is 16.2. The molecule has 0 heterocycles. The zero-order valence-corrected chi connectivity index (χ0v) is 17.0. The first kappa shape index (κ1) is 17.5. The third-order valence-corrected chi connectivity index (χ3v) is 7.40. The third-order valence-electron chi connectivity index (χ3n) is 5.89. The minimum atomic E-state index is -1.28. The van der Waals surface area contributed by atoms with E-state index >= 15 is 0 Å². The standard InChI is InChI=1S/C28H18OS/c29-30(27-13-5-11-23-21-9-3-1-7-19(21)15-17-25(23)27)28-14-6-12-24-22-10-4-2-8-20(22)16-18-26(24)28/h1-18H. The summed E-state index contributed by atoms with van der Waals surface area (Å²) in [5.41, 5.74) is 0. The van der Waals surface area contributed by atoms with Gasteiger partial charge in [0.15, 0.2) is 9.79 Å². The smallest absolute Gasteiger partial charge is 0.166 e. The molecule has 1 nitrogen and oxygen atoms in total. The van der Waals surface area contributed by atoms with Crippen LogP contribution in [-0.4, -0.2) is 4.55 Å². The maximum atomic E-state index is 13.9. The molecular weight excluding hydrogens is 384 g/mol. The van der Waals surface area contributed by atoms with Crippen LogP contribution < -0.4 is 0 Å². The van der Waals surface area contributed by atoms with Crippen LogP contribution in [0.2, 0.25) is 0 Å². The molecule has 0 atom stereocenters. The quantitative estimate of drug-likeness (QED) is 0.218. The summed E-state index contributed by atoms with van der Waals surface area (Å²) < 4.78 is 13.9. The average Bonchev–Trinajstić information content (AvgIpc) is 2.82. The van der Waals surface area contributed by atoms with Gasteiger partial charge in [0.2, 0.25) is 0 Å². The molecule has 0 bridgehead atoms. The van der Waals surface area contributed by atoms with Crippen molar-refractivity contribution in [3.63, 3.8) is 0 Å². The molecule has 0 aromatic heterocycles. The van der Waals surface area contributed by atoms with E-state index in [9.17, 15) is 4.55 Å². The number of hydrogen-bond acceptors (Lipinski definition) is 1. The van der Waals surface area contributed by atoms with E-state index < -0.39 is 11.2 Å². The van der Waals surface area contributed by atoms with Crippen molar-refractivity contribution in [3.05, 3.63) is 109 Å². The first-order valence-electron chi connectivity index (χ1n) is 10.0. The van der Waals surface area contributed by atoms with E-state index in [0.717, 1.165) is 31.3 Å². The molecule has 6 aromatic rings. The van der Waals surface area contributed by atoms with E-state index in [4.69, 9.17) is 0 Å². The van der Waals surface area contributed by atoms with E-state index in [-0.39, 0.29) is 0 Å². The highest BCUT2D eigenvalue weighted by atomic mass is 32.2. The molecule has 0 saturated heterocycles. The van der Waals surface area contributed by atoms with Gasteiger partial charge in [-0.1, -0.05) is 84.9 Å². The van der Waals surface area contributed by atoms with Crippen LogP contribution in [0.1, 0.15) is 0 Å². The SMILES string of the molecule is [O-][S+](c1cccc2c1ccc1ccccc12)c1cccc2c1ccc1ccccc12. The number of rotatable bonds is 2. The molecule has 142 valence electrons. The topological polar surface area (TPSA) is 23.1 Å². The molecule has 0 unspecified atom stereocenters. The lowest BCUT2D eigenvalue weighted by Crippen LogP contribution is -2.04. The Morgan fingerprint density at radius 1 is 0.367 bits per heavy atom. The van der Waals surface area contributed by atoms with E-state index in [1.807, 2.05) is 24.3 Å². The van der Waals surface area contributed by atoms with Gasteiger partial charge in [0.05, 0.1) is 0 Å². The molecule has 0 aliphatic rings. The second-order valence-electron chi connectivity index (χ2n) is 7.54. The summed E-state index contributed by atoms with van der Waals surface area (Å²) >= 11 is -1.28. The molecule has 0 fully saturated rings. The van der Waals surface area contributed by atoms with Gasteiger partial charge in [-0.2, -0.15) is 0 Å². The van der Waals surface area contributed by atoms with Gasteiger partial charge in [-0.15, -0.1) is 0 Å². The van der Waals surface area contributed by atoms with Crippen molar-refractivity contribution in [2.24, 2.45) is 0 Å². The van der Waals surface area contributed by atoms with Crippen molar-refractivity contribution < 1.29 is 4.55 Å². The Hall–Kier alpha value is -3.33. The van der Waals surface area contributed by atoms with Crippen LogP contribution in [0.4, 0.5) is 0 Å². The van der Waals surface area contributed by atoms with Crippen LogP contribution in [-0.2, 0) is 11.2 Å². The molecule has 6 aromatic carbocycles. The lowest BCUT2D eigenvalue weighted by atomic mass is 10.0. The summed E-state index contributed by atoms with van der Waals surface area (Å²) in [5, 5.41) is 9.17. The summed E-state index contributed by atoms with van der Waals surface area (Å²) in [7, 11) is 0. The van der Waals surface area contributed by atoms with Crippen molar-refractivity contribution in [2.45, 2.75) is 9.79 Å². The lowest BCUT2D eigenvalue weighted by molar-refractivity contribution is 0.597. The maximum absolute atomic E-state index is 13.9. The Morgan fingerprint density at radius 3 is 1.30 bits per heavy atom. The molecule has 0 radical (unpaired) electrons. The van der Waals surface area contributed by atoms with Crippen molar-refractivity contribution in [2.75, 3.05) is 0 Å². The van der Waals surface area contributed by atoms with Crippen LogP contribution in [0, 0.1) is 0 Å². The minimum Gasteiger partial charge on any atom is -0.606 e. The van der Waals surface area contributed by atoms with Gasteiger partial charge in [0.1, 0.15) is 0 Å². The van der Waals surface area contributed by atoms with E-state index in [2.05, 4.69) is 84.9 Å². The first-order chi connectivity index (χ1) is 14.8. The Morgan fingerprint density at radius 2 is 0.800 bits per heavy atom. The molecule has 6 rings (SSSR count). The highest BCUT2D eigenvalue weighted by Gasteiger charge is 2.21. The van der Waals surface area contributed by atoms with Crippen LogP contribution in [0.25, 0.3) is 43.1 Å². The molecule has 2 heteroatoms. The largest absolute Gasteiger partial charge is 0.606 e. The fraction of sp³-hybridized carbons (Fsp3) is 0. The highest BCUT2D eigenvalue weighted by Crippen LogP contribution is 2.36. The van der Waals surface area contributed by atoms with Gasteiger partial charge >= 0.3 is 0 Å². The first-order valence-corrected chi connectivity index (χ1v) is 11.2. The fourth-order valence-corrected chi connectivity index (χ4v) is 5.86. The predicted octanol–water partition coefficient (Wildman–Crippen LogP) is 7.47. The predicted molar refractivity (Wildman–Crippen MR) is 128 cm³/mol. The number of benzene rings is 6. The summed E-state index contributed by atoms with van der Waals surface area (Å²) in [6.07, 6.45) is 0. The molecular formula is C28H18OS. The summed E-state index contributed by atoms with van der Waals surface area (Å²) in [5.74, 6) is 0. The maximum Gasteiger partial charge on any atom is 0.166 e. The zero-order chi connectivity index (χ0) is 20.1. The van der Waals surface area contributed by atoms with Crippen molar-refractivity contribution in [3.8, 4) is 0 Å². The average molecular weight is 403 g/mol. The van der Waals surface area contributed by atoms with Crippen molar-refractivity contribution in [1.29, 1.82) is 0 Å². The minimum absolute atomic E-state index is 0.860. The van der Waals surface area contributed by atoms with Crippen LogP contribution in [0.5, 0.6) is 0 Å². The van der Waals surface area contributed by atoms with E-state index in [1.54, 1.807) is 0 Å². The molecule has 0 aliphatic carbocycles. The fourth-order valence-electron chi connectivity index (χ4n) is 4.46. The van der Waals surface area contributed by atoms with Crippen LogP contribution >= 0.6 is 0 Å². The second kappa shape index (κ2) is 6.88. The van der Waals surface area contributed by atoms with Crippen molar-refractivity contribution >= 4 is 54.3 Å². The molecule has 0 amide bonds. The Bertz CT molecular complexity index is 1450. The Balaban J connectivity index is 1.61. The van der Waals surface area contributed by atoms with Gasteiger partial charge in [0.25, 0.3) is 0 Å². The molecule has 0 spiro atoms. The highest BCUT2D eigenvalue weighted by molar-refractivity contribution is 7.92. The Kier molecular flexibility index (Phi) is 4.02. The molecule has 0 saturated carbocycles. The molecule has 0 N–H and O–H groups in total. The third kappa shape index (κ3) is 2.62. The van der Waals surface area contributed by atoms with Gasteiger partial charge in [0, 0.05) is 21.9 Å². The van der Waals surface area contributed by atoms with Gasteiger partial charge in [-0.3, -0.25) is 0 Å². The molecule has 0 aliphatic heterocycles. The van der Waals surface area contributed by atoms with E-state index in [1.165, 1.54) is 21.5 Å². The van der Waals surface area contributed by atoms with Crippen molar-refractivity contribution in [1.82, 2.24) is 0 Å². The van der Waals surface area contributed by atoms with Gasteiger partial charge in [-0.25, -0.2) is 0 Å². The lowest BCUT2D eigenvalue weighted by Gasteiger charge is -2.15. The van der Waals surface area contributed by atoms with E-state index in [0.29, 0.717) is 0 Å². The number of hydrogen-bond donors (Lipinski definition) is 0. The van der Waals surface area contributed by atoms with Gasteiger partial charge in [-0.05, 0) is 56.6 Å². The van der Waals surface area contributed by atoms with Crippen LogP contribution in [0.15, 0.2) is 119 Å². The Labute approximate surface area is 177 Å². The summed E-state index contributed by atoms with van der Waals surface area (Å²) in [6, 6.07) is 37.4. The normalized spacial score (nSPS) is 11.8. The monoisotopic (exact) mass is 402 g/mol. The molecule has 30 heavy (non-hydrogen) atoms. The van der Waals surface area contributed by atoms with Gasteiger partial charge < -0.3 is 4.55 Å². The summed E-state index contributed by atoms with van der Waals surface area (Å²) in [4.78, 5) is 1.72. The second-order valence-corrected chi connectivity index (χ2v) is 8.96. The number of fused-ring (bicyclic) bond motifs is 6.